The van der Waals surface area contributed by atoms with E-state index in [2.05, 4.69) is 0 Å². The molecule has 1 heterocycles. The zero-order chi connectivity index (χ0) is 22.6. The molecule has 31 heavy (non-hydrogen) atoms. The fourth-order valence-corrected chi connectivity index (χ4v) is 3.54. The number of nitrogens with zero attached hydrogens (tertiary/aromatic N) is 1. The Labute approximate surface area is 183 Å². The second-order valence-corrected chi connectivity index (χ2v) is 8.58. The number of benzene rings is 2. The van der Waals surface area contributed by atoms with Crippen molar-refractivity contribution >= 4 is 11.7 Å². The van der Waals surface area contributed by atoms with Crippen LogP contribution in [0.5, 0.6) is 5.75 Å². The van der Waals surface area contributed by atoms with Crippen LogP contribution in [-0.4, -0.2) is 42.0 Å². The van der Waals surface area contributed by atoms with E-state index in [1.54, 1.807) is 27.9 Å². The highest BCUT2D eigenvalue weighted by Crippen LogP contribution is 2.41. The maximum atomic E-state index is 13.1. The molecule has 2 aromatic carbocycles. The lowest BCUT2D eigenvalue weighted by molar-refractivity contribution is -0.130. The van der Waals surface area contributed by atoms with Crippen LogP contribution in [0.1, 0.15) is 37.9 Å². The molecule has 0 aliphatic carbocycles. The van der Waals surface area contributed by atoms with Gasteiger partial charge in [-0.15, -0.1) is 0 Å². The average Bonchev–Trinajstić information content (AvgIpc) is 3.00. The van der Waals surface area contributed by atoms with Crippen LogP contribution in [0.3, 0.4) is 0 Å². The van der Waals surface area contributed by atoms with Gasteiger partial charge in [-0.2, -0.15) is 0 Å². The monoisotopic (exact) mass is 423 g/mol. The molecule has 1 amide bonds. The number of Topliss-reactive ketones (excluding diaryl/α,β-unsaturated/α-hetero) is 1. The molecule has 0 saturated heterocycles. The summed E-state index contributed by atoms with van der Waals surface area (Å²) in [7, 11) is 1.54. The molecule has 1 N–H and O–H groups in total. The Kier molecular flexibility index (Phi) is 6.81. The van der Waals surface area contributed by atoms with Gasteiger partial charge in [0.05, 0.1) is 18.2 Å². The number of carbonyl (C=O) groups is 2. The first kappa shape index (κ1) is 22.6. The quantitative estimate of drug-likeness (QED) is 0.688. The summed E-state index contributed by atoms with van der Waals surface area (Å²) in [5.41, 5.74) is 1.18. The van der Waals surface area contributed by atoms with E-state index in [1.165, 1.54) is 4.90 Å². The number of ketones is 1. The summed E-state index contributed by atoms with van der Waals surface area (Å²) in [6, 6.07) is 16.5. The summed E-state index contributed by atoms with van der Waals surface area (Å²) in [6.07, 6.45) is 0. The number of rotatable bonds is 8. The molecule has 1 aliphatic rings. The summed E-state index contributed by atoms with van der Waals surface area (Å²) in [5.74, 6) is -0.616. The van der Waals surface area contributed by atoms with Gasteiger partial charge < -0.3 is 19.5 Å². The van der Waals surface area contributed by atoms with Gasteiger partial charge in [-0.05, 0) is 23.3 Å². The summed E-state index contributed by atoms with van der Waals surface area (Å²) in [4.78, 5) is 27.3. The number of methoxy groups -OCH3 is 1. The number of hydrogen-bond donors (Lipinski definition) is 1. The first-order valence-electron chi connectivity index (χ1n) is 10.3. The van der Waals surface area contributed by atoms with Crippen LogP contribution in [0.2, 0.25) is 0 Å². The first-order valence-corrected chi connectivity index (χ1v) is 10.3. The highest BCUT2D eigenvalue weighted by atomic mass is 16.5. The van der Waals surface area contributed by atoms with Gasteiger partial charge in [0.1, 0.15) is 12.4 Å². The van der Waals surface area contributed by atoms with Crippen LogP contribution in [0.15, 0.2) is 65.9 Å². The molecule has 6 nitrogen and oxygen atoms in total. The molecule has 6 heteroatoms. The van der Waals surface area contributed by atoms with Gasteiger partial charge in [-0.1, -0.05) is 63.2 Å². The van der Waals surface area contributed by atoms with E-state index in [-0.39, 0.29) is 17.9 Å². The van der Waals surface area contributed by atoms with Crippen LogP contribution in [0.25, 0.3) is 0 Å². The second kappa shape index (κ2) is 9.35. The van der Waals surface area contributed by atoms with E-state index >= 15 is 0 Å². The molecule has 0 spiro atoms. The summed E-state index contributed by atoms with van der Waals surface area (Å²) in [6.45, 7) is 6.32. The number of amides is 1. The van der Waals surface area contributed by atoms with Crippen molar-refractivity contribution in [1.82, 2.24) is 4.90 Å². The van der Waals surface area contributed by atoms with Crippen LogP contribution in [-0.2, 0) is 20.9 Å². The van der Waals surface area contributed by atoms with E-state index in [1.807, 2.05) is 54.6 Å². The molecular formula is C25H29NO5. The van der Waals surface area contributed by atoms with Crippen molar-refractivity contribution in [3.05, 3.63) is 77.1 Å². The van der Waals surface area contributed by atoms with Gasteiger partial charge in [0.15, 0.2) is 11.5 Å². The lowest BCUT2D eigenvalue weighted by Crippen LogP contribution is -2.35. The average molecular weight is 424 g/mol. The third kappa shape index (κ3) is 4.97. The molecule has 1 aliphatic heterocycles. The molecule has 3 rings (SSSR count). The fraction of sp³-hybridized carbons (Fsp3) is 0.360. The largest absolute Gasteiger partial charge is 0.503 e. The topological polar surface area (TPSA) is 76.1 Å². The molecule has 0 fully saturated rings. The van der Waals surface area contributed by atoms with Gasteiger partial charge in [0.2, 0.25) is 0 Å². The van der Waals surface area contributed by atoms with Crippen molar-refractivity contribution in [3.63, 3.8) is 0 Å². The Morgan fingerprint density at radius 1 is 1.06 bits per heavy atom. The Bertz CT molecular complexity index is 958. The highest BCUT2D eigenvalue weighted by Gasteiger charge is 2.45. The van der Waals surface area contributed by atoms with Gasteiger partial charge >= 0.3 is 0 Å². The molecule has 0 radical (unpaired) electrons. The van der Waals surface area contributed by atoms with E-state index in [0.29, 0.717) is 19.0 Å². The van der Waals surface area contributed by atoms with Gasteiger partial charge in [0.25, 0.3) is 5.91 Å². The first-order chi connectivity index (χ1) is 14.7. The molecule has 164 valence electrons. The predicted molar refractivity (Wildman–Crippen MR) is 118 cm³/mol. The molecule has 1 unspecified atom stereocenters. The normalized spacial score (nSPS) is 16.7. The van der Waals surface area contributed by atoms with Gasteiger partial charge in [0, 0.05) is 19.1 Å². The fourth-order valence-electron chi connectivity index (χ4n) is 3.54. The lowest BCUT2D eigenvalue weighted by atomic mass is 9.82. The summed E-state index contributed by atoms with van der Waals surface area (Å²) >= 11 is 0. The van der Waals surface area contributed by atoms with Crippen molar-refractivity contribution in [2.24, 2.45) is 5.41 Å². The Balaban J connectivity index is 1.88. The van der Waals surface area contributed by atoms with Crippen molar-refractivity contribution in [2.75, 3.05) is 20.3 Å². The minimum absolute atomic E-state index is 0.131. The Morgan fingerprint density at radius 2 is 1.71 bits per heavy atom. The minimum atomic E-state index is -0.738. The maximum absolute atomic E-state index is 13.1. The molecular weight excluding hydrogens is 394 g/mol. The zero-order valence-electron chi connectivity index (χ0n) is 18.4. The van der Waals surface area contributed by atoms with Crippen molar-refractivity contribution in [1.29, 1.82) is 0 Å². The number of aliphatic hydroxyl groups excluding tert-OH is 1. The highest BCUT2D eigenvalue weighted by molar-refractivity contribution is 6.10. The molecule has 1 atom stereocenters. The molecule has 2 aromatic rings. The van der Waals surface area contributed by atoms with E-state index in [4.69, 9.17) is 9.47 Å². The Hall–Kier alpha value is -3.12. The van der Waals surface area contributed by atoms with Crippen molar-refractivity contribution in [2.45, 2.75) is 33.4 Å². The van der Waals surface area contributed by atoms with Gasteiger partial charge in [-0.25, -0.2) is 0 Å². The minimum Gasteiger partial charge on any atom is -0.503 e. The number of carbonyl (C=O) groups excluding carboxylic acids is 2. The second-order valence-electron chi connectivity index (χ2n) is 8.58. The Morgan fingerprint density at radius 3 is 2.29 bits per heavy atom. The number of aliphatic hydroxyl groups is 1. The zero-order valence-corrected chi connectivity index (χ0v) is 18.4. The van der Waals surface area contributed by atoms with Gasteiger partial charge in [-0.3, -0.25) is 9.59 Å². The lowest BCUT2D eigenvalue weighted by Gasteiger charge is -2.28. The molecule has 0 bridgehead atoms. The van der Waals surface area contributed by atoms with Crippen LogP contribution in [0.4, 0.5) is 0 Å². The van der Waals surface area contributed by atoms with E-state index in [0.717, 1.165) is 11.1 Å². The summed E-state index contributed by atoms with van der Waals surface area (Å²) in [5, 5.41) is 10.6. The number of ether oxygens (including phenoxy) is 2. The van der Waals surface area contributed by atoms with Crippen LogP contribution in [0, 0.1) is 5.41 Å². The smallest absolute Gasteiger partial charge is 0.290 e. The van der Waals surface area contributed by atoms with Crippen molar-refractivity contribution < 1.29 is 24.2 Å². The predicted octanol–water partition coefficient (Wildman–Crippen LogP) is 4.22. The van der Waals surface area contributed by atoms with E-state index < -0.39 is 23.1 Å². The van der Waals surface area contributed by atoms with Crippen LogP contribution < -0.4 is 4.74 Å². The van der Waals surface area contributed by atoms with Crippen LogP contribution >= 0.6 is 0 Å². The SMILES string of the molecule is COCCN1C(=O)C(O)=C(C(=O)C(C)(C)C)C1c1ccc(OCc2ccccc2)cc1. The third-order valence-corrected chi connectivity index (χ3v) is 5.21. The molecule has 0 aromatic heterocycles. The third-order valence-electron chi connectivity index (χ3n) is 5.21. The molecule has 0 saturated carbocycles. The van der Waals surface area contributed by atoms with E-state index in [9.17, 15) is 14.7 Å². The number of hydrogen-bond acceptors (Lipinski definition) is 5. The van der Waals surface area contributed by atoms with Crippen molar-refractivity contribution in [3.8, 4) is 5.75 Å². The maximum Gasteiger partial charge on any atom is 0.290 e. The summed E-state index contributed by atoms with van der Waals surface area (Å²) < 4.78 is 11.0. The standard InChI is InChI=1S/C25H29NO5/c1-25(2,3)23(28)20-21(26(14-15-30-4)24(29)22(20)27)18-10-12-19(13-11-18)31-16-17-8-6-5-7-9-17/h5-13,21,27H,14-16H2,1-4H3.